The molecule has 1 rings (SSSR count). The van der Waals surface area contributed by atoms with Gasteiger partial charge in [0.25, 0.3) is 0 Å². The third-order valence-corrected chi connectivity index (χ3v) is 3.87. The highest BCUT2D eigenvalue weighted by Crippen LogP contribution is 2.24. The first-order valence-electron chi connectivity index (χ1n) is 6.42. The predicted octanol–water partition coefficient (Wildman–Crippen LogP) is 2.09. The predicted molar refractivity (Wildman–Crippen MR) is 65.0 cm³/mol. The lowest BCUT2D eigenvalue weighted by atomic mass is 9.86. The molecule has 3 nitrogen and oxygen atoms in total. The molecule has 0 atom stereocenters. The zero-order valence-corrected chi connectivity index (χ0v) is 10.8. The largest absolute Gasteiger partial charge is 0.393 e. The Balaban J connectivity index is 2.27. The van der Waals surface area contributed by atoms with Gasteiger partial charge in [0, 0.05) is 12.0 Å². The highest BCUT2D eigenvalue weighted by molar-refractivity contribution is 5.81. The van der Waals surface area contributed by atoms with E-state index in [9.17, 15) is 9.90 Å². The monoisotopic (exact) mass is 227 g/mol. The number of hydrogen-bond donors (Lipinski definition) is 2. The number of nitrogens with one attached hydrogen (secondary N) is 1. The van der Waals surface area contributed by atoms with Gasteiger partial charge >= 0.3 is 0 Å². The van der Waals surface area contributed by atoms with Crippen molar-refractivity contribution in [2.24, 2.45) is 11.3 Å². The summed E-state index contributed by atoms with van der Waals surface area (Å²) < 4.78 is 0. The van der Waals surface area contributed by atoms with Crippen molar-refractivity contribution in [3.05, 3.63) is 0 Å². The van der Waals surface area contributed by atoms with Crippen LogP contribution in [-0.2, 0) is 4.79 Å². The first kappa shape index (κ1) is 13.5. The van der Waals surface area contributed by atoms with Crippen molar-refractivity contribution < 1.29 is 9.90 Å². The van der Waals surface area contributed by atoms with Gasteiger partial charge in [0.05, 0.1) is 6.10 Å². The van der Waals surface area contributed by atoms with Crippen LogP contribution in [0, 0.1) is 11.3 Å². The number of amides is 1. The van der Waals surface area contributed by atoms with Crippen LogP contribution in [0.2, 0.25) is 0 Å². The van der Waals surface area contributed by atoms with Crippen molar-refractivity contribution in [3.63, 3.8) is 0 Å². The highest BCUT2D eigenvalue weighted by atomic mass is 16.3. The molecule has 1 aliphatic rings. The van der Waals surface area contributed by atoms with Gasteiger partial charge in [-0.2, -0.15) is 0 Å². The molecule has 1 saturated carbocycles. The van der Waals surface area contributed by atoms with Crippen molar-refractivity contribution >= 4 is 5.91 Å². The van der Waals surface area contributed by atoms with E-state index in [0.717, 1.165) is 38.6 Å². The van der Waals surface area contributed by atoms with Crippen molar-refractivity contribution in [2.75, 3.05) is 6.54 Å². The Kier molecular flexibility index (Phi) is 4.78. The number of hydrogen-bond acceptors (Lipinski definition) is 2. The van der Waals surface area contributed by atoms with Crippen molar-refractivity contribution in [2.45, 2.75) is 59.0 Å². The van der Waals surface area contributed by atoms with E-state index in [1.54, 1.807) is 0 Å². The lowest BCUT2D eigenvalue weighted by Gasteiger charge is -2.27. The van der Waals surface area contributed by atoms with E-state index in [0.29, 0.717) is 5.92 Å². The quantitative estimate of drug-likeness (QED) is 0.772. The molecule has 0 aliphatic heterocycles. The van der Waals surface area contributed by atoms with Crippen LogP contribution in [0.3, 0.4) is 0 Å². The maximum absolute atomic E-state index is 11.8. The smallest absolute Gasteiger partial charge is 0.225 e. The summed E-state index contributed by atoms with van der Waals surface area (Å²) in [6, 6.07) is 0. The fourth-order valence-corrected chi connectivity index (χ4v) is 1.99. The van der Waals surface area contributed by atoms with Crippen LogP contribution in [0.15, 0.2) is 0 Å². The van der Waals surface area contributed by atoms with Gasteiger partial charge in [0.2, 0.25) is 5.91 Å². The molecule has 1 fully saturated rings. The average molecular weight is 227 g/mol. The molecule has 0 heterocycles. The summed E-state index contributed by atoms with van der Waals surface area (Å²) in [6.45, 7) is 6.77. The summed E-state index contributed by atoms with van der Waals surface area (Å²) in [5.74, 6) is 0.709. The highest BCUT2D eigenvalue weighted by Gasteiger charge is 2.26. The third-order valence-electron chi connectivity index (χ3n) is 3.87. The first-order chi connectivity index (χ1) is 7.45. The molecular formula is C13H25NO2. The molecule has 1 aliphatic carbocycles. The van der Waals surface area contributed by atoms with E-state index in [-0.39, 0.29) is 17.4 Å². The zero-order chi connectivity index (χ0) is 12.2. The van der Waals surface area contributed by atoms with Gasteiger partial charge in [-0.05, 0) is 38.0 Å². The lowest BCUT2D eigenvalue weighted by Crippen LogP contribution is -2.39. The number of rotatable bonds is 4. The molecule has 0 bridgehead atoms. The zero-order valence-electron chi connectivity index (χ0n) is 10.8. The van der Waals surface area contributed by atoms with E-state index in [4.69, 9.17) is 0 Å². The number of aliphatic hydroxyl groups excluding tert-OH is 1. The molecule has 0 spiro atoms. The number of carbonyl (C=O) groups excluding carboxylic acids is 1. The minimum Gasteiger partial charge on any atom is -0.393 e. The van der Waals surface area contributed by atoms with E-state index >= 15 is 0 Å². The molecule has 0 aromatic rings. The van der Waals surface area contributed by atoms with E-state index in [1.807, 2.05) is 20.8 Å². The average Bonchev–Trinajstić information content (AvgIpc) is 2.28. The van der Waals surface area contributed by atoms with Crippen molar-refractivity contribution in [1.82, 2.24) is 5.32 Å². The summed E-state index contributed by atoms with van der Waals surface area (Å²) in [4.78, 5) is 11.8. The topological polar surface area (TPSA) is 49.3 Å². The Bertz CT molecular complexity index is 230. The SMILES string of the molecule is CCC(C)(C)C(=O)NCC1CCC(O)CC1. The van der Waals surface area contributed by atoms with Gasteiger partial charge in [-0.25, -0.2) is 0 Å². The Hall–Kier alpha value is -0.570. The van der Waals surface area contributed by atoms with Crippen LogP contribution >= 0.6 is 0 Å². The molecule has 94 valence electrons. The van der Waals surface area contributed by atoms with Crippen LogP contribution in [0.4, 0.5) is 0 Å². The minimum atomic E-state index is -0.256. The van der Waals surface area contributed by atoms with Gasteiger partial charge in [-0.1, -0.05) is 20.8 Å². The summed E-state index contributed by atoms with van der Waals surface area (Å²) in [7, 11) is 0. The summed E-state index contributed by atoms with van der Waals surface area (Å²) in [6.07, 6.45) is 4.60. The van der Waals surface area contributed by atoms with Crippen LogP contribution in [0.25, 0.3) is 0 Å². The Labute approximate surface area is 98.6 Å². The van der Waals surface area contributed by atoms with E-state index in [2.05, 4.69) is 5.32 Å². The summed E-state index contributed by atoms with van der Waals surface area (Å²) >= 11 is 0. The second-order valence-corrected chi connectivity index (χ2v) is 5.62. The van der Waals surface area contributed by atoms with Crippen LogP contribution in [-0.4, -0.2) is 23.7 Å². The third kappa shape index (κ3) is 3.78. The molecule has 0 aromatic carbocycles. The molecule has 0 unspecified atom stereocenters. The lowest BCUT2D eigenvalue weighted by molar-refractivity contribution is -0.129. The van der Waals surface area contributed by atoms with Crippen LogP contribution < -0.4 is 5.32 Å². The Morgan fingerprint density at radius 1 is 1.31 bits per heavy atom. The van der Waals surface area contributed by atoms with Crippen LogP contribution in [0.5, 0.6) is 0 Å². The molecule has 16 heavy (non-hydrogen) atoms. The first-order valence-corrected chi connectivity index (χ1v) is 6.42. The molecule has 2 N–H and O–H groups in total. The second-order valence-electron chi connectivity index (χ2n) is 5.62. The van der Waals surface area contributed by atoms with Crippen LogP contribution in [0.1, 0.15) is 52.9 Å². The fraction of sp³-hybridized carbons (Fsp3) is 0.923. The molecule has 0 aromatic heterocycles. The molecule has 0 saturated heterocycles. The number of carbonyl (C=O) groups is 1. The number of aliphatic hydroxyl groups is 1. The second kappa shape index (κ2) is 5.67. The van der Waals surface area contributed by atoms with Gasteiger partial charge in [0.15, 0.2) is 0 Å². The Morgan fingerprint density at radius 3 is 2.38 bits per heavy atom. The Morgan fingerprint density at radius 2 is 1.88 bits per heavy atom. The molecule has 1 amide bonds. The maximum atomic E-state index is 11.8. The van der Waals surface area contributed by atoms with Gasteiger partial charge in [-0.15, -0.1) is 0 Å². The fourth-order valence-electron chi connectivity index (χ4n) is 1.99. The standard InChI is InChI=1S/C13H25NO2/c1-4-13(2,3)12(16)14-9-10-5-7-11(15)8-6-10/h10-11,15H,4-9H2,1-3H3,(H,14,16). The molecular weight excluding hydrogens is 202 g/mol. The van der Waals surface area contributed by atoms with Gasteiger partial charge in [0.1, 0.15) is 0 Å². The normalized spacial score (nSPS) is 26.5. The molecule has 3 heteroatoms. The van der Waals surface area contributed by atoms with E-state index in [1.165, 1.54) is 0 Å². The summed E-state index contributed by atoms with van der Waals surface area (Å²) in [5, 5.41) is 12.4. The maximum Gasteiger partial charge on any atom is 0.225 e. The molecule has 0 radical (unpaired) electrons. The van der Waals surface area contributed by atoms with Gasteiger partial charge < -0.3 is 10.4 Å². The minimum absolute atomic E-state index is 0.112. The summed E-state index contributed by atoms with van der Waals surface area (Å²) in [5.41, 5.74) is -0.256. The van der Waals surface area contributed by atoms with Crippen molar-refractivity contribution in [3.8, 4) is 0 Å². The van der Waals surface area contributed by atoms with Gasteiger partial charge in [-0.3, -0.25) is 4.79 Å². The van der Waals surface area contributed by atoms with Crippen molar-refractivity contribution in [1.29, 1.82) is 0 Å². The van der Waals surface area contributed by atoms with E-state index < -0.39 is 0 Å².